The number of hydrogen-bond acceptors (Lipinski definition) is 4. The summed E-state index contributed by atoms with van der Waals surface area (Å²) in [6, 6.07) is 22.5. The highest BCUT2D eigenvalue weighted by atomic mass is 35.5. The quantitative estimate of drug-likeness (QED) is 0.334. The van der Waals surface area contributed by atoms with Gasteiger partial charge in [0.2, 0.25) is 21.8 Å². The van der Waals surface area contributed by atoms with Gasteiger partial charge in [-0.2, -0.15) is 0 Å². The topological polar surface area (TPSA) is 86.8 Å². The number of sulfonamides is 1. The van der Waals surface area contributed by atoms with Crippen LogP contribution in [-0.4, -0.2) is 50.0 Å². The molecule has 39 heavy (non-hydrogen) atoms. The number of amides is 2. The average molecular weight is 570 g/mol. The van der Waals surface area contributed by atoms with E-state index in [0.717, 1.165) is 33.7 Å². The van der Waals surface area contributed by atoms with Crippen LogP contribution in [0.4, 0.5) is 5.69 Å². The van der Waals surface area contributed by atoms with Crippen molar-refractivity contribution in [1.29, 1.82) is 0 Å². The number of carbonyl (C=O) groups excluding carboxylic acids is 2. The second kappa shape index (κ2) is 13.6. The fourth-order valence-electron chi connectivity index (χ4n) is 4.11. The third kappa shape index (κ3) is 8.83. The molecule has 1 N–H and O–H groups in total. The fourth-order valence-corrected chi connectivity index (χ4v) is 5.08. The number of nitrogens with zero attached hydrogens (tertiary/aromatic N) is 2. The number of halogens is 1. The van der Waals surface area contributed by atoms with Gasteiger partial charge >= 0.3 is 0 Å². The van der Waals surface area contributed by atoms with Crippen molar-refractivity contribution in [1.82, 2.24) is 10.2 Å². The van der Waals surface area contributed by atoms with Crippen LogP contribution in [0.25, 0.3) is 0 Å². The van der Waals surface area contributed by atoms with Gasteiger partial charge in [0.25, 0.3) is 0 Å². The van der Waals surface area contributed by atoms with Crippen molar-refractivity contribution >= 4 is 39.1 Å². The average Bonchev–Trinajstić information content (AvgIpc) is 2.90. The number of carbonyl (C=O) groups is 2. The van der Waals surface area contributed by atoms with Gasteiger partial charge in [-0.05, 0) is 55.7 Å². The van der Waals surface area contributed by atoms with Crippen molar-refractivity contribution in [2.24, 2.45) is 0 Å². The summed E-state index contributed by atoms with van der Waals surface area (Å²) in [6.45, 7) is 5.44. The van der Waals surface area contributed by atoms with Crippen molar-refractivity contribution in [2.75, 3.05) is 17.1 Å². The van der Waals surface area contributed by atoms with E-state index >= 15 is 0 Å². The van der Waals surface area contributed by atoms with Crippen molar-refractivity contribution in [2.45, 2.75) is 52.2 Å². The summed E-state index contributed by atoms with van der Waals surface area (Å²) in [5.41, 5.74) is 3.00. The van der Waals surface area contributed by atoms with Crippen molar-refractivity contribution in [3.05, 3.63) is 101 Å². The molecule has 7 nitrogen and oxygen atoms in total. The molecule has 0 fully saturated rings. The first kappa shape index (κ1) is 30.2. The lowest BCUT2D eigenvalue weighted by Gasteiger charge is -2.34. The van der Waals surface area contributed by atoms with Gasteiger partial charge in [-0.15, -0.1) is 0 Å². The number of benzene rings is 3. The fraction of sp³-hybridized carbons (Fsp3) is 0.333. The zero-order valence-corrected chi connectivity index (χ0v) is 24.4. The molecule has 0 saturated carbocycles. The zero-order chi connectivity index (χ0) is 28.6. The minimum atomic E-state index is -3.80. The number of hydrogen-bond donors (Lipinski definition) is 1. The van der Waals surface area contributed by atoms with Gasteiger partial charge in [0.15, 0.2) is 0 Å². The third-order valence-electron chi connectivity index (χ3n) is 6.54. The van der Waals surface area contributed by atoms with Gasteiger partial charge in [-0.1, -0.05) is 78.7 Å². The van der Waals surface area contributed by atoms with Crippen LogP contribution in [0.3, 0.4) is 0 Å². The summed E-state index contributed by atoms with van der Waals surface area (Å²) in [7, 11) is -3.80. The Morgan fingerprint density at radius 3 is 2.10 bits per heavy atom. The second-order valence-electron chi connectivity index (χ2n) is 9.78. The van der Waals surface area contributed by atoms with Gasteiger partial charge in [0.05, 0.1) is 11.9 Å². The van der Waals surface area contributed by atoms with E-state index in [-0.39, 0.29) is 24.9 Å². The molecule has 2 amide bonds. The van der Waals surface area contributed by atoms with Crippen LogP contribution < -0.4 is 9.62 Å². The Bertz CT molecular complexity index is 1350. The maximum atomic E-state index is 14.0. The van der Waals surface area contributed by atoms with E-state index < -0.39 is 28.5 Å². The first-order valence-electron chi connectivity index (χ1n) is 12.9. The summed E-state index contributed by atoms with van der Waals surface area (Å²) in [5.74, 6) is -0.784. The van der Waals surface area contributed by atoms with Crippen LogP contribution in [0.5, 0.6) is 0 Å². The number of anilines is 1. The SMILES string of the molecule is CC[C@H](C)NC(=O)[C@@H](Cc1ccccc1)N(Cc1ccc(Cl)cc1)C(=O)CN(c1ccc(C)cc1)S(C)(=O)=O. The lowest BCUT2D eigenvalue weighted by molar-refractivity contribution is -0.140. The van der Waals surface area contributed by atoms with Crippen LogP contribution >= 0.6 is 11.6 Å². The molecule has 0 heterocycles. The van der Waals surface area contributed by atoms with E-state index in [1.54, 1.807) is 48.5 Å². The summed E-state index contributed by atoms with van der Waals surface area (Å²) in [6.07, 6.45) is 2.07. The van der Waals surface area contributed by atoms with E-state index in [9.17, 15) is 18.0 Å². The maximum Gasteiger partial charge on any atom is 0.244 e. The molecule has 2 atom stereocenters. The van der Waals surface area contributed by atoms with Gasteiger partial charge in [0, 0.05) is 24.0 Å². The lowest BCUT2D eigenvalue weighted by atomic mass is 10.0. The molecule has 0 bridgehead atoms. The van der Waals surface area contributed by atoms with Gasteiger partial charge in [0.1, 0.15) is 12.6 Å². The van der Waals surface area contributed by atoms with Crippen molar-refractivity contribution < 1.29 is 18.0 Å². The maximum absolute atomic E-state index is 14.0. The van der Waals surface area contributed by atoms with E-state index in [1.807, 2.05) is 51.1 Å². The van der Waals surface area contributed by atoms with Gasteiger partial charge < -0.3 is 10.2 Å². The smallest absolute Gasteiger partial charge is 0.244 e. The van der Waals surface area contributed by atoms with Crippen LogP contribution in [0.1, 0.15) is 37.0 Å². The minimum absolute atomic E-state index is 0.0941. The van der Waals surface area contributed by atoms with Crippen molar-refractivity contribution in [3.63, 3.8) is 0 Å². The monoisotopic (exact) mass is 569 g/mol. The third-order valence-corrected chi connectivity index (χ3v) is 7.93. The van der Waals surface area contributed by atoms with E-state index in [2.05, 4.69) is 5.32 Å². The molecule has 208 valence electrons. The highest BCUT2D eigenvalue weighted by molar-refractivity contribution is 7.92. The molecule has 3 rings (SSSR count). The molecule has 0 aromatic heterocycles. The lowest BCUT2D eigenvalue weighted by Crippen LogP contribution is -2.54. The minimum Gasteiger partial charge on any atom is -0.352 e. The van der Waals surface area contributed by atoms with Crippen molar-refractivity contribution in [3.8, 4) is 0 Å². The van der Waals surface area contributed by atoms with Gasteiger partial charge in [-0.3, -0.25) is 13.9 Å². The largest absolute Gasteiger partial charge is 0.352 e. The molecule has 0 saturated heterocycles. The molecular formula is C30H36ClN3O4S. The molecule has 3 aromatic rings. The first-order valence-corrected chi connectivity index (χ1v) is 15.1. The normalized spacial score (nSPS) is 12.8. The number of nitrogens with one attached hydrogen (secondary N) is 1. The Kier molecular flexibility index (Phi) is 10.5. The number of rotatable bonds is 12. The van der Waals surface area contributed by atoms with Crippen LogP contribution in [0.15, 0.2) is 78.9 Å². The van der Waals surface area contributed by atoms with Crippen LogP contribution in [-0.2, 0) is 32.6 Å². The standard InChI is InChI=1S/C30H36ClN3O4S/c1-5-23(3)32-30(36)28(19-24-9-7-6-8-10-24)33(20-25-13-15-26(31)16-14-25)29(35)21-34(39(4,37)38)27-17-11-22(2)12-18-27/h6-18,23,28H,5,19-21H2,1-4H3,(H,32,36)/t23-,28+/m0/s1. The second-order valence-corrected chi connectivity index (χ2v) is 12.1. The zero-order valence-electron chi connectivity index (χ0n) is 22.8. The molecule has 0 aliphatic carbocycles. The van der Waals surface area contributed by atoms with E-state index in [1.165, 1.54) is 4.90 Å². The highest BCUT2D eigenvalue weighted by Gasteiger charge is 2.33. The molecular weight excluding hydrogens is 534 g/mol. The molecule has 0 unspecified atom stereocenters. The molecule has 0 spiro atoms. The Hall–Kier alpha value is -3.36. The van der Waals surface area contributed by atoms with Gasteiger partial charge in [-0.25, -0.2) is 8.42 Å². The molecule has 0 aliphatic heterocycles. The molecule has 3 aromatic carbocycles. The summed E-state index contributed by atoms with van der Waals surface area (Å²) < 4.78 is 26.7. The highest BCUT2D eigenvalue weighted by Crippen LogP contribution is 2.21. The van der Waals surface area contributed by atoms with Crippen LogP contribution in [0.2, 0.25) is 5.02 Å². The van der Waals surface area contributed by atoms with Crippen LogP contribution in [0, 0.1) is 6.92 Å². The Morgan fingerprint density at radius 1 is 0.923 bits per heavy atom. The molecule has 0 aliphatic rings. The molecule has 9 heteroatoms. The summed E-state index contributed by atoms with van der Waals surface area (Å²) in [5, 5.41) is 3.57. The van der Waals surface area contributed by atoms with E-state index in [0.29, 0.717) is 10.7 Å². The predicted octanol–water partition coefficient (Wildman–Crippen LogP) is 4.97. The Morgan fingerprint density at radius 2 is 1.54 bits per heavy atom. The summed E-state index contributed by atoms with van der Waals surface area (Å²) in [4.78, 5) is 29.1. The predicted molar refractivity (Wildman–Crippen MR) is 157 cm³/mol. The first-order chi connectivity index (χ1) is 18.5. The Balaban J connectivity index is 2.04. The Labute approximate surface area is 236 Å². The molecule has 0 radical (unpaired) electrons. The number of aryl methyl sites for hydroxylation is 1. The van der Waals surface area contributed by atoms with E-state index in [4.69, 9.17) is 11.6 Å². The summed E-state index contributed by atoms with van der Waals surface area (Å²) >= 11 is 6.08.